The van der Waals surface area contributed by atoms with Gasteiger partial charge in [0.05, 0.1) is 6.54 Å². The Bertz CT molecular complexity index is 160. The van der Waals surface area contributed by atoms with Crippen molar-refractivity contribution in [3.05, 3.63) is 0 Å². The Kier molecular flexibility index (Phi) is 6.74. The Hall–Kier alpha value is 0.210. The van der Waals surface area contributed by atoms with Gasteiger partial charge in [-0.1, -0.05) is 0 Å². The van der Waals surface area contributed by atoms with E-state index in [1.807, 2.05) is 13.8 Å². The van der Waals surface area contributed by atoms with Crippen molar-refractivity contribution in [2.24, 2.45) is 11.7 Å². The topological polar surface area (TPSA) is 43.1 Å². The minimum atomic E-state index is -0.0308. The third-order valence-electron chi connectivity index (χ3n) is 1.99. The monoisotopic (exact) mass is 225 g/mol. The lowest BCUT2D eigenvalue weighted by molar-refractivity contribution is -0.118. The molecule has 13 heavy (non-hydrogen) atoms. The van der Waals surface area contributed by atoms with Crippen LogP contribution in [0.5, 0.6) is 0 Å². The van der Waals surface area contributed by atoms with E-state index in [9.17, 15) is 4.79 Å². The Labute approximate surface area is 89.8 Å². The number of halogens is 2. The second kappa shape index (κ2) is 6.63. The maximum absolute atomic E-state index is 11.1. The molecular formula is C9H17Cl2NO. The molecule has 2 nitrogen and oxygen atoms in total. The van der Waals surface area contributed by atoms with E-state index in [1.54, 1.807) is 0 Å². The molecule has 4 heteroatoms. The lowest BCUT2D eigenvalue weighted by Crippen LogP contribution is -2.23. The predicted molar refractivity (Wildman–Crippen MR) is 57.4 cm³/mol. The van der Waals surface area contributed by atoms with Crippen molar-refractivity contribution in [3.8, 4) is 0 Å². The van der Waals surface area contributed by atoms with Crippen molar-refractivity contribution in [2.45, 2.75) is 37.4 Å². The Morgan fingerprint density at radius 2 is 1.92 bits per heavy atom. The van der Waals surface area contributed by atoms with E-state index >= 15 is 0 Å². The number of rotatable bonds is 6. The van der Waals surface area contributed by atoms with Crippen LogP contribution in [0.15, 0.2) is 0 Å². The highest BCUT2D eigenvalue weighted by Crippen LogP contribution is 2.22. The summed E-state index contributed by atoms with van der Waals surface area (Å²) in [7, 11) is 0. The van der Waals surface area contributed by atoms with Crippen LogP contribution in [0.1, 0.15) is 26.7 Å². The van der Waals surface area contributed by atoms with Crippen LogP contribution in [0.3, 0.4) is 0 Å². The first-order chi connectivity index (χ1) is 5.97. The fourth-order valence-corrected chi connectivity index (χ4v) is 1.65. The number of Topliss-reactive ketones (excluding diaryl/α,β-unsaturated/α-hetero) is 1. The summed E-state index contributed by atoms with van der Waals surface area (Å²) in [6, 6.07) is 0. The minimum absolute atomic E-state index is 0.0308. The highest BCUT2D eigenvalue weighted by Gasteiger charge is 2.19. The summed E-state index contributed by atoms with van der Waals surface area (Å²) in [5.41, 5.74) is 5.23. The van der Waals surface area contributed by atoms with Crippen LogP contribution in [0, 0.1) is 5.92 Å². The van der Waals surface area contributed by atoms with E-state index in [0.717, 1.165) is 6.42 Å². The Morgan fingerprint density at radius 1 is 1.38 bits per heavy atom. The summed E-state index contributed by atoms with van der Waals surface area (Å²) in [4.78, 5) is 11.1. The number of nitrogens with two attached hydrogens (primary N) is 1. The van der Waals surface area contributed by atoms with Gasteiger partial charge in [0.1, 0.15) is 5.78 Å². The van der Waals surface area contributed by atoms with Crippen molar-refractivity contribution in [3.63, 3.8) is 0 Å². The number of alkyl halides is 2. The molecule has 0 saturated carbocycles. The normalized spacial score (nSPS) is 17.9. The minimum Gasteiger partial charge on any atom is -0.324 e. The van der Waals surface area contributed by atoms with Gasteiger partial charge in [-0.05, 0) is 26.2 Å². The number of carbonyl (C=O) groups is 1. The molecule has 0 rings (SSSR count). The van der Waals surface area contributed by atoms with Crippen LogP contribution in [-0.2, 0) is 4.79 Å². The standard InChI is InChI=1S/C9H17Cl2NO/c1-6(10)3-8(7(2)11)4-9(13)5-12/h6-8H,3-5,12H2,1-2H3. The van der Waals surface area contributed by atoms with Crippen molar-refractivity contribution in [1.29, 1.82) is 0 Å². The van der Waals surface area contributed by atoms with Crippen molar-refractivity contribution in [1.82, 2.24) is 0 Å². The molecule has 3 unspecified atom stereocenters. The quantitative estimate of drug-likeness (QED) is 0.705. The van der Waals surface area contributed by atoms with Gasteiger partial charge in [0.15, 0.2) is 0 Å². The van der Waals surface area contributed by atoms with Crippen LogP contribution < -0.4 is 5.73 Å². The van der Waals surface area contributed by atoms with Gasteiger partial charge >= 0.3 is 0 Å². The van der Waals surface area contributed by atoms with E-state index in [1.165, 1.54) is 0 Å². The van der Waals surface area contributed by atoms with Crippen LogP contribution in [-0.4, -0.2) is 23.1 Å². The molecule has 0 heterocycles. The molecule has 0 aromatic heterocycles. The van der Waals surface area contributed by atoms with E-state index in [0.29, 0.717) is 6.42 Å². The molecule has 0 aromatic rings. The maximum Gasteiger partial charge on any atom is 0.146 e. The summed E-state index contributed by atoms with van der Waals surface area (Å²) in [5.74, 6) is 0.194. The Morgan fingerprint density at radius 3 is 2.23 bits per heavy atom. The van der Waals surface area contributed by atoms with E-state index < -0.39 is 0 Å². The lowest BCUT2D eigenvalue weighted by Gasteiger charge is -2.19. The van der Waals surface area contributed by atoms with Crippen molar-refractivity contribution >= 4 is 29.0 Å². The van der Waals surface area contributed by atoms with Crippen LogP contribution >= 0.6 is 23.2 Å². The molecule has 0 aliphatic carbocycles. The Balaban J connectivity index is 4.02. The number of hydrogen-bond acceptors (Lipinski definition) is 2. The van der Waals surface area contributed by atoms with Gasteiger partial charge in [-0.3, -0.25) is 4.79 Å². The van der Waals surface area contributed by atoms with E-state index in [4.69, 9.17) is 28.9 Å². The molecule has 2 N–H and O–H groups in total. The molecule has 0 saturated heterocycles. The SMILES string of the molecule is CC(Cl)CC(CC(=O)CN)C(C)Cl. The molecule has 0 aromatic carbocycles. The van der Waals surface area contributed by atoms with Gasteiger partial charge in [-0.15, -0.1) is 23.2 Å². The lowest BCUT2D eigenvalue weighted by atomic mass is 9.94. The van der Waals surface area contributed by atoms with Gasteiger partial charge in [0.2, 0.25) is 0 Å². The first kappa shape index (κ1) is 13.2. The number of hydrogen-bond donors (Lipinski definition) is 1. The third kappa shape index (κ3) is 6.30. The molecular weight excluding hydrogens is 209 g/mol. The second-order valence-corrected chi connectivity index (χ2v) is 4.83. The summed E-state index contributed by atoms with van der Waals surface area (Å²) < 4.78 is 0. The second-order valence-electron chi connectivity index (χ2n) is 3.40. The molecule has 78 valence electrons. The van der Waals surface area contributed by atoms with Gasteiger partial charge < -0.3 is 5.73 Å². The summed E-state index contributed by atoms with van der Waals surface area (Å²) in [6.45, 7) is 3.88. The molecule has 0 radical (unpaired) electrons. The highest BCUT2D eigenvalue weighted by atomic mass is 35.5. The van der Waals surface area contributed by atoms with Crippen molar-refractivity contribution in [2.75, 3.05) is 6.54 Å². The number of carbonyl (C=O) groups excluding carboxylic acids is 1. The third-order valence-corrected chi connectivity index (χ3v) is 2.53. The van der Waals surface area contributed by atoms with Crippen LogP contribution in [0.25, 0.3) is 0 Å². The fraction of sp³-hybridized carbons (Fsp3) is 0.889. The average Bonchev–Trinajstić information content (AvgIpc) is 2.02. The van der Waals surface area contributed by atoms with Gasteiger partial charge in [0.25, 0.3) is 0 Å². The molecule has 0 bridgehead atoms. The summed E-state index contributed by atoms with van der Waals surface area (Å²) in [6.07, 6.45) is 1.20. The average molecular weight is 226 g/mol. The summed E-state index contributed by atoms with van der Waals surface area (Å²) >= 11 is 11.8. The molecule has 0 fully saturated rings. The first-order valence-corrected chi connectivity index (χ1v) is 5.34. The van der Waals surface area contributed by atoms with E-state index in [-0.39, 0.29) is 29.0 Å². The van der Waals surface area contributed by atoms with Crippen LogP contribution in [0.2, 0.25) is 0 Å². The van der Waals surface area contributed by atoms with Crippen LogP contribution in [0.4, 0.5) is 0 Å². The zero-order valence-corrected chi connectivity index (χ0v) is 9.61. The maximum atomic E-state index is 11.1. The molecule has 3 atom stereocenters. The van der Waals surface area contributed by atoms with Gasteiger partial charge in [-0.25, -0.2) is 0 Å². The molecule has 0 spiro atoms. The van der Waals surface area contributed by atoms with Gasteiger partial charge in [-0.2, -0.15) is 0 Å². The highest BCUT2D eigenvalue weighted by molar-refractivity contribution is 6.21. The van der Waals surface area contributed by atoms with Crippen molar-refractivity contribution < 1.29 is 4.79 Å². The van der Waals surface area contributed by atoms with E-state index in [2.05, 4.69) is 0 Å². The fourth-order valence-electron chi connectivity index (χ4n) is 1.23. The largest absolute Gasteiger partial charge is 0.324 e. The molecule has 0 aliphatic rings. The molecule has 0 amide bonds. The first-order valence-electron chi connectivity index (χ1n) is 4.47. The zero-order valence-electron chi connectivity index (χ0n) is 8.09. The number of ketones is 1. The smallest absolute Gasteiger partial charge is 0.146 e. The summed E-state index contributed by atoms with van der Waals surface area (Å²) in [5, 5.41) is 0.0217. The van der Waals surface area contributed by atoms with Gasteiger partial charge in [0, 0.05) is 17.2 Å². The predicted octanol–water partition coefficient (Wildman–Crippen LogP) is 2.17. The zero-order chi connectivity index (χ0) is 10.4. The molecule has 0 aliphatic heterocycles.